The van der Waals surface area contributed by atoms with Gasteiger partial charge in [0, 0.05) is 20.1 Å². The minimum Gasteiger partial charge on any atom is -0.352 e. The van der Waals surface area contributed by atoms with Crippen molar-refractivity contribution in [3.63, 3.8) is 0 Å². The largest absolute Gasteiger partial charge is 0.352 e. The number of amides is 1. The Bertz CT molecular complexity index is 999. The Hall–Kier alpha value is -2.77. The van der Waals surface area contributed by atoms with Gasteiger partial charge in [-0.2, -0.15) is 0 Å². The van der Waals surface area contributed by atoms with Gasteiger partial charge >= 0.3 is 0 Å². The van der Waals surface area contributed by atoms with Crippen molar-refractivity contribution in [2.45, 2.75) is 19.5 Å². The highest BCUT2D eigenvalue weighted by Gasteiger charge is 2.33. The van der Waals surface area contributed by atoms with Crippen LogP contribution in [0.25, 0.3) is 11.0 Å². The van der Waals surface area contributed by atoms with Gasteiger partial charge in [-0.25, -0.2) is 14.8 Å². The molecule has 0 radical (unpaired) electrons. The monoisotopic (exact) mass is 367 g/mol. The SMILES string of the molecule is Cc1nc2cc(CNC(=O)C3CNNC3c3cccc(F)c3)ccc2n1C. The van der Waals surface area contributed by atoms with E-state index in [1.807, 2.05) is 42.8 Å². The van der Waals surface area contributed by atoms with Crippen LogP contribution in [0.5, 0.6) is 0 Å². The van der Waals surface area contributed by atoms with E-state index >= 15 is 0 Å². The molecule has 0 aliphatic carbocycles. The topological polar surface area (TPSA) is 71.0 Å². The van der Waals surface area contributed by atoms with Crippen molar-refractivity contribution in [1.82, 2.24) is 25.7 Å². The van der Waals surface area contributed by atoms with Gasteiger partial charge in [0.1, 0.15) is 11.6 Å². The van der Waals surface area contributed by atoms with Gasteiger partial charge in [0.15, 0.2) is 0 Å². The second-order valence-corrected chi connectivity index (χ2v) is 6.92. The lowest BCUT2D eigenvalue weighted by Gasteiger charge is -2.18. The second-order valence-electron chi connectivity index (χ2n) is 6.92. The summed E-state index contributed by atoms with van der Waals surface area (Å²) >= 11 is 0. The zero-order valence-electron chi connectivity index (χ0n) is 15.3. The van der Waals surface area contributed by atoms with E-state index in [2.05, 4.69) is 21.2 Å². The normalized spacial score (nSPS) is 19.5. The molecule has 0 spiro atoms. The van der Waals surface area contributed by atoms with E-state index in [1.165, 1.54) is 12.1 Å². The van der Waals surface area contributed by atoms with Crippen molar-refractivity contribution >= 4 is 16.9 Å². The summed E-state index contributed by atoms with van der Waals surface area (Å²) in [5, 5.41) is 2.99. The molecule has 3 aromatic rings. The maximum Gasteiger partial charge on any atom is 0.226 e. The third kappa shape index (κ3) is 3.43. The van der Waals surface area contributed by atoms with E-state index in [-0.39, 0.29) is 23.7 Å². The number of nitrogens with one attached hydrogen (secondary N) is 3. The van der Waals surface area contributed by atoms with Gasteiger partial charge in [0.25, 0.3) is 0 Å². The highest BCUT2D eigenvalue weighted by Crippen LogP contribution is 2.25. The molecular formula is C20H22FN5O. The van der Waals surface area contributed by atoms with E-state index < -0.39 is 0 Å². The van der Waals surface area contributed by atoms with E-state index in [4.69, 9.17) is 0 Å². The van der Waals surface area contributed by atoms with Gasteiger partial charge in [-0.1, -0.05) is 18.2 Å². The maximum absolute atomic E-state index is 13.5. The molecule has 1 fully saturated rings. The number of hydrogen-bond acceptors (Lipinski definition) is 4. The molecule has 1 amide bonds. The molecule has 1 aromatic heterocycles. The van der Waals surface area contributed by atoms with E-state index in [1.54, 1.807) is 6.07 Å². The van der Waals surface area contributed by atoms with Crippen molar-refractivity contribution < 1.29 is 9.18 Å². The quantitative estimate of drug-likeness (QED) is 0.661. The number of aromatic nitrogens is 2. The predicted octanol–water partition coefficient (Wildman–Crippen LogP) is 2.10. The fourth-order valence-electron chi connectivity index (χ4n) is 3.55. The minimum absolute atomic E-state index is 0.0703. The van der Waals surface area contributed by atoms with E-state index in [9.17, 15) is 9.18 Å². The van der Waals surface area contributed by atoms with Gasteiger partial charge in [-0.05, 0) is 42.3 Å². The van der Waals surface area contributed by atoms with Gasteiger partial charge in [0.2, 0.25) is 5.91 Å². The van der Waals surface area contributed by atoms with Crippen molar-refractivity contribution in [3.8, 4) is 0 Å². The first-order chi connectivity index (χ1) is 13.0. The number of carbonyl (C=O) groups excluding carboxylic acids is 1. The predicted molar refractivity (Wildman–Crippen MR) is 101 cm³/mol. The molecule has 7 heteroatoms. The number of halogens is 1. The van der Waals surface area contributed by atoms with Gasteiger partial charge in [-0.3, -0.25) is 10.2 Å². The van der Waals surface area contributed by atoms with Gasteiger partial charge in [-0.15, -0.1) is 0 Å². The summed E-state index contributed by atoms with van der Waals surface area (Å²) in [5.74, 6) is 0.262. The van der Waals surface area contributed by atoms with Crippen LogP contribution in [0.15, 0.2) is 42.5 Å². The van der Waals surface area contributed by atoms with Crippen LogP contribution in [0.1, 0.15) is 23.0 Å². The Morgan fingerprint density at radius 2 is 2.19 bits per heavy atom. The fraction of sp³-hybridized carbons (Fsp3) is 0.300. The van der Waals surface area contributed by atoms with Crippen molar-refractivity contribution in [2.24, 2.45) is 13.0 Å². The van der Waals surface area contributed by atoms with Crippen LogP contribution in [0, 0.1) is 18.7 Å². The Labute approximate surface area is 156 Å². The summed E-state index contributed by atoms with van der Waals surface area (Å²) in [6.45, 7) is 2.89. The number of hydrazine groups is 1. The molecule has 140 valence electrons. The van der Waals surface area contributed by atoms with Crippen LogP contribution in [0.4, 0.5) is 4.39 Å². The summed E-state index contributed by atoms with van der Waals surface area (Å²) in [5.41, 5.74) is 9.82. The molecule has 1 saturated heterocycles. The molecule has 1 aliphatic rings. The van der Waals surface area contributed by atoms with Crippen LogP contribution in [0.3, 0.4) is 0 Å². The first kappa shape index (κ1) is 17.6. The molecular weight excluding hydrogens is 345 g/mol. The molecule has 3 N–H and O–H groups in total. The standard InChI is InChI=1S/C20H22FN5O/c1-12-24-17-8-13(6-7-18(17)26(12)2)10-22-20(27)16-11-23-25-19(16)14-4-3-5-15(21)9-14/h3-9,16,19,23,25H,10-11H2,1-2H3,(H,22,27). The van der Waals surface area contributed by atoms with Crippen LogP contribution in [-0.2, 0) is 18.4 Å². The zero-order valence-corrected chi connectivity index (χ0v) is 15.3. The highest BCUT2D eigenvalue weighted by atomic mass is 19.1. The molecule has 6 nitrogen and oxygen atoms in total. The number of benzene rings is 2. The van der Waals surface area contributed by atoms with E-state index in [0.717, 1.165) is 28.0 Å². The lowest BCUT2D eigenvalue weighted by atomic mass is 9.94. The van der Waals surface area contributed by atoms with Gasteiger partial charge < -0.3 is 9.88 Å². The fourth-order valence-corrected chi connectivity index (χ4v) is 3.55. The first-order valence-corrected chi connectivity index (χ1v) is 8.96. The maximum atomic E-state index is 13.5. The highest BCUT2D eigenvalue weighted by molar-refractivity contribution is 5.81. The van der Waals surface area contributed by atoms with Crippen LogP contribution >= 0.6 is 0 Å². The van der Waals surface area contributed by atoms with Crippen LogP contribution in [-0.4, -0.2) is 22.0 Å². The average molecular weight is 367 g/mol. The van der Waals surface area contributed by atoms with Gasteiger partial charge in [0.05, 0.1) is 23.0 Å². The zero-order chi connectivity index (χ0) is 19.0. The lowest BCUT2D eigenvalue weighted by molar-refractivity contribution is -0.125. The number of fused-ring (bicyclic) bond motifs is 1. The Kier molecular flexibility index (Phi) is 4.63. The van der Waals surface area contributed by atoms with Crippen molar-refractivity contribution in [2.75, 3.05) is 6.54 Å². The Morgan fingerprint density at radius 1 is 1.33 bits per heavy atom. The average Bonchev–Trinajstić information content (AvgIpc) is 3.25. The number of nitrogens with zero attached hydrogens (tertiary/aromatic N) is 2. The third-order valence-corrected chi connectivity index (χ3v) is 5.16. The van der Waals surface area contributed by atoms with Crippen molar-refractivity contribution in [1.29, 1.82) is 0 Å². The molecule has 27 heavy (non-hydrogen) atoms. The number of aryl methyl sites for hydroxylation is 2. The number of carbonyl (C=O) groups is 1. The molecule has 2 heterocycles. The summed E-state index contributed by atoms with van der Waals surface area (Å²) in [4.78, 5) is 17.2. The molecule has 0 bridgehead atoms. The Balaban J connectivity index is 1.45. The van der Waals surface area contributed by atoms with Crippen LogP contribution < -0.4 is 16.2 Å². The molecule has 0 saturated carbocycles. The Morgan fingerprint density at radius 3 is 3.00 bits per heavy atom. The summed E-state index contributed by atoms with van der Waals surface area (Å²) in [6.07, 6.45) is 0. The molecule has 2 atom stereocenters. The molecule has 2 aromatic carbocycles. The van der Waals surface area contributed by atoms with E-state index in [0.29, 0.717) is 13.1 Å². The molecule has 2 unspecified atom stereocenters. The summed E-state index contributed by atoms with van der Waals surface area (Å²) in [7, 11) is 1.98. The minimum atomic E-state index is -0.312. The van der Waals surface area contributed by atoms with Crippen LogP contribution in [0.2, 0.25) is 0 Å². The van der Waals surface area contributed by atoms with Crippen molar-refractivity contribution in [3.05, 3.63) is 65.2 Å². The molecule has 4 rings (SSSR count). The smallest absolute Gasteiger partial charge is 0.226 e. The number of rotatable bonds is 4. The summed E-state index contributed by atoms with van der Waals surface area (Å²) < 4.78 is 15.6. The lowest BCUT2D eigenvalue weighted by Crippen LogP contribution is -2.34. The third-order valence-electron chi connectivity index (χ3n) is 5.16. The molecule has 1 aliphatic heterocycles. The summed E-state index contributed by atoms with van der Waals surface area (Å²) in [6, 6.07) is 12.1. The second kappa shape index (κ2) is 7.09. The number of imidazole rings is 1. The number of hydrogen-bond donors (Lipinski definition) is 3. The first-order valence-electron chi connectivity index (χ1n) is 8.96.